The summed E-state index contributed by atoms with van der Waals surface area (Å²) in [6.07, 6.45) is 9.67. The predicted octanol–water partition coefficient (Wildman–Crippen LogP) is 2.93. The highest BCUT2D eigenvalue weighted by Gasteiger charge is 2.16. The molecular formula is C21H26N4. The minimum absolute atomic E-state index is 0.332. The Hall–Kier alpha value is -2.35. The largest absolute Gasteiger partial charge is 0.399 e. The van der Waals surface area contributed by atoms with Gasteiger partial charge in [-0.05, 0) is 55.9 Å². The maximum absolute atomic E-state index is 9.54. The first-order valence-electron chi connectivity index (χ1n) is 8.93. The number of likely N-dealkylation sites (N-methyl/N-ethyl adjacent to an activating group) is 1. The summed E-state index contributed by atoms with van der Waals surface area (Å²) in [5, 5.41) is 9.54. The van der Waals surface area contributed by atoms with E-state index in [1.54, 1.807) is 0 Å². The Morgan fingerprint density at radius 2 is 1.84 bits per heavy atom. The third kappa shape index (κ3) is 4.60. The van der Waals surface area contributed by atoms with E-state index >= 15 is 0 Å². The molecule has 1 atom stereocenters. The van der Waals surface area contributed by atoms with Crippen molar-refractivity contribution < 1.29 is 0 Å². The van der Waals surface area contributed by atoms with E-state index in [1.165, 1.54) is 13.0 Å². The van der Waals surface area contributed by atoms with Crippen LogP contribution in [0.15, 0.2) is 54.1 Å². The van der Waals surface area contributed by atoms with Crippen LogP contribution >= 0.6 is 0 Å². The Labute approximate surface area is 150 Å². The molecule has 1 saturated heterocycles. The third-order valence-electron chi connectivity index (χ3n) is 4.93. The van der Waals surface area contributed by atoms with Crippen molar-refractivity contribution in [2.24, 2.45) is 5.92 Å². The number of nitriles is 1. The SMILES string of the molecule is CN1CCCN(CC2C=CC(C#N)=C(c3ccc(N)cc3)C=C2)CC1. The van der Waals surface area contributed by atoms with Gasteiger partial charge >= 0.3 is 0 Å². The van der Waals surface area contributed by atoms with E-state index in [1.807, 2.05) is 30.3 Å². The van der Waals surface area contributed by atoms with E-state index < -0.39 is 0 Å². The van der Waals surface area contributed by atoms with Gasteiger partial charge in [-0.15, -0.1) is 0 Å². The van der Waals surface area contributed by atoms with Crippen LogP contribution in [-0.4, -0.2) is 49.6 Å². The monoisotopic (exact) mass is 334 g/mol. The molecule has 4 heteroatoms. The lowest BCUT2D eigenvalue weighted by Gasteiger charge is -2.22. The lowest BCUT2D eigenvalue weighted by molar-refractivity contribution is 0.265. The first-order chi connectivity index (χ1) is 12.2. The van der Waals surface area contributed by atoms with Crippen LogP contribution in [-0.2, 0) is 0 Å². The molecule has 0 saturated carbocycles. The molecule has 1 aromatic carbocycles. The number of nitrogen functional groups attached to an aromatic ring is 1. The molecule has 130 valence electrons. The Morgan fingerprint density at radius 3 is 2.60 bits per heavy atom. The fourth-order valence-electron chi connectivity index (χ4n) is 3.40. The first-order valence-corrected chi connectivity index (χ1v) is 8.93. The highest BCUT2D eigenvalue weighted by atomic mass is 15.2. The molecule has 4 nitrogen and oxygen atoms in total. The number of hydrogen-bond acceptors (Lipinski definition) is 4. The summed E-state index contributed by atoms with van der Waals surface area (Å²) in [7, 11) is 2.19. The maximum Gasteiger partial charge on any atom is 0.0998 e. The summed E-state index contributed by atoms with van der Waals surface area (Å²) in [5.41, 5.74) is 9.23. The van der Waals surface area contributed by atoms with E-state index in [0.29, 0.717) is 11.5 Å². The minimum Gasteiger partial charge on any atom is -0.399 e. The van der Waals surface area contributed by atoms with Gasteiger partial charge in [-0.2, -0.15) is 5.26 Å². The van der Waals surface area contributed by atoms with Crippen LogP contribution in [0.3, 0.4) is 0 Å². The smallest absolute Gasteiger partial charge is 0.0998 e. The molecule has 0 bridgehead atoms. The van der Waals surface area contributed by atoms with E-state index in [4.69, 9.17) is 5.73 Å². The lowest BCUT2D eigenvalue weighted by atomic mass is 10.00. The van der Waals surface area contributed by atoms with Crippen molar-refractivity contribution in [1.29, 1.82) is 5.26 Å². The van der Waals surface area contributed by atoms with Gasteiger partial charge in [0.1, 0.15) is 0 Å². The van der Waals surface area contributed by atoms with Crippen molar-refractivity contribution in [3.8, 4) is 6.07 Å². The van der Waals surface area contributed by atoms with Crippen LogP contribution in [0.4, 0.5) is 5.69 Å². The Bertz CT molecular complexity index is 721. The van der Waals surface area contributed by atoms with Gasteiger partial charge < -0.3 is 15.5 Å². The fraction of sp³-hybridized carbons (Fsp3) is 0.381. The standard InChI is InChI=1S/C21H26N4/c1-24-11-2-12-25(14-13-24)16-17-3-5-19(15-22)21(10-4-17)18-6-8-20(23)9-7-18/h3-10,17H,2,11-14,16,23H2,1H3. The van der Waals surface area contributed by atoms with Gasteiger partial charge in [0.25, 0.3) is 0 Å². The molecule has 1 unspecified atom stereocenters. The van der Waals surface area contributed by atoms with Gasteiger partial charge in [-0.25, -0.2) is 0 Å². The summed E-state index contributed by atoms with van der Waals surface area (Å²) in [5.74, 6) is 0.332. The number of anilines is 1. The number of allylic oxidation sites excluding steroid dienone is 4. The number of hydrogen-bond donors (Lipinski definition) is 1. The van der Waals surface area contributed by atoms with E-state index in [9.17, 15) is 5.26 Å². The number of rotatable bonds is 3. The second kappa shape index (κ2) is 8.15. The topological polar surface area (TPSA) is 56.3 Å². The second-order valence-corrected chi connectivity index (χ2v) is 6.90. The van der Waals surface area contributed by atoms with Crippen LogP contribution in [0.2, 0.25) is 0 Å². The second-order valence-electron chi connectivity index (χ2n) is 6.90. The van der Waals surface area contributed by atoms with E-state index in [0.717, 1.165) is 43.0 Å². The van der Waals surface area contributed by atoms with Crippen LogP contribution in [0.25, 0.3) is 5.57 Å². The molecule has 25 heavy (non-hydrogen) atoms. The lowest BCUT2D eigenvalue weighted by Crippen LogP contribution is -2.32. The molecule has 3 rings (SSSR count). The van der Waals surface area contributed by atoms with Gasteiger partial charge in [0.05, 0.1) is 11.6 Å². The zero-order chi connectivity index (χ0) is 17.6. The summed E-state index contributed by atoms with van der Waals surface area (Å²) in [6, 6.07) is 10.1. The molecule has 1 fully saturated rings. The van der Waals surface area contributed by atoms with Crippen LogP contribution in [0.5, 0.6) is 0 Å². The normalized spacial score (nSPS) is 22.5. The zero-order valence-electron chi connectivity index (χ0n) is 14.9. The van der Waals surface area contributed by atoms with E-state index in [-0.39, 0.29) is 0 Å². The van der Waals surface area contributed by atoms with Crippen molar-refractivity contribution in [1.82, 2.24) is 9.80 Å². The average Bonchev–Trinajstić information content (AvgIpc) is 2.94. The molecule has 0 radical (unpaired) electrons. The van der Waals surface area contributed by atoms with Crippen molar-refractivity contribution in [3.05, 3.63) is 59.7 Å². The Kier molecular flexibility index (Phi) is 5.70. The van der Waals surface area contributed by atoms with Crippen molar-refractivity contribution in [3.63, 3.8) is 0 Å². The van der Waals surface area contributed by atoms with Crippen LogP contribution < -0.4 is 5.73 Å². The summed E-state index contributed by atoms with van der Waals surface area (Å²) < 4.78 is 0. The van der Waals surface area contributed by atoms with Crippen molar-refractivity contribution >= 4 is 11.3 Å². The minimum atomic E-state index is 0.332. The molecule has 1 heterocycles. The van der Waals surface area contributed by atoms with Gasteiger partial charge in [0.15, 0.2) is 0 Å². The molecule has 1 aromatic rings. The molecule has 0 amide bonds. The van der Waals surface area contributed by atoms with E-state index in [2.05, 4.69) is 41.1 Å². The Balaban J connectivity index is 1.74. The average molecular weight is 334 g/mol. The molecule has 0 spiro atoms. The van der Waals surface area contributed by atoms with Crippen molar-refractivity contribution in [2.45, 2.75) is 6.42 Å². The molecular weight excluding hydrogens is 308 g/mol. The van der Waals surface area contributed by atoms with Gasteiger partial charge in [0, 0.05) is 31.2 Å². The van der Waals surface area contributed by atoms with Gasteiger partial charge in [-0.3, -0.25) is 0 Å². The van der Waals surface area contributed by atoms with Crippen LogP contribution in [0, 0.1) is 17.2 Å². The third-order valence-corrected chi connectivity index (χ3v) is 4.93. The molecule has 2 aliphatic rings. The quantitative estimate of drug-likeness (QED) is 0.864. The van der Waals surface area contributed by atoms with Gasteiger partial charge in [-0.1, -0.05) is 30.4 Å². The zero-order valence-corrected chi connectivity index (χ0v) is 14.9. The number of nitrogens with zero attached hydrogens (tertiary/aromatic N) is 3. The highest BCUT2D eigenvalue weighted by Crippen LogP contribution is 2.26. The maximum atomic E-state index is 9.54. The number of benzene rings is 1. The summed E-state index contributed by atoms with van der Waals surface area (Å²) in [4.78, 5) is 4.93. The Morgan fingerprint density at radius 1 is 1.08 bits per heavy atom. The molecule has 1 aliphatic heterocycles. The number of nitrogens with two attached hydrogens (primary N) is 1. The molecule has 0 aromatic heterocycles. The molecule has 1 aliphatic carbocycles. The van der Waals surface area contributed by atoms with Crippen molar-refractivity contribution in [2.75, 3.05) is 45.5 Å². The highest BCUT2D eigenvalue weighted by molar-refractivity contribution is 5.82. The predicted molar refractivity (Wildman–Crippen MR) is 104 cm³/mol. The summed E-state index contributed by atoms with van der Waals surface area (Å²) in [6.45, 7) is 5.56. The van der Waals surface area contributed by atoms with Gasteiger partial charge in [0.2, 0.25) is 0 Å². The van der Waals surface area contributed by atoms with Crippen LogP contribution in [0.1, 0.15) is 12.0 Å². The fourth-order valence-corrected chi connectivity index (χ4v) is 3.40. The summed E-state index contributed by atoms with van der Waals surface area (Å²) >= 11 is 0. The molecule has 2 N–H and O–H groups in total. The first kappa shape index (κ1) is 17.5.